The molecule has 2 amide bonds. The molecule has 4 fully saturated rings. The largest absolute Gasteiger partial charge is 0.384 e. The number of likely N-dealkylation sites (tertiary alicyclic amines) is 1. The van der Waals surface area contributed by atoms with Crippen LogP contribution in [0, 0.1) is 17.8 Å². The number of carbonyl (C=O) groups excluding carboxylic acids is 2. The van der Waals surface area contributed by atoms with E-state index >= 15 is 0 Å². The van der Waals surface area contributed by atoms with E-state index < -0.39 is 16.8 Å². The van der Waals surface area contributed by atoms with Gasteiger partial charge in [0.05, 0.1) is 6.17 Å². The highest BCUT2D eigenvalue weighted by Crippen LogP contribution is 2.39. The first-order valence-electron chi connectivity index (χ1n) is 14.9. The molecule has 3 saturated heterocycles. The minimum atomic E-state index is -2.02. The second-order valence-electron chi connectivity index (χ2n) is 12.5. The van der Waals surface area contributed by atoms with Crippen molar-refractivity contribution in [1.82, 2.24) is 19.4 Å². The lowest BCUT2D eigenvalue weighted by Gasteiger charge is -2.36. The average molecular weight is 566 g/mol. The Morgan fingerprint density at radius 3 is 2.70 bits per heavy atom. The van der Waals surface area contributed by atoms with Crippen LogP contribution in [0.15, 0.2) is 36.4 Å². The van der Waals surface area contributed by atoms with Gasteiger partial charge in [-0.2, -0.15) is 0 Å². The summed E-state index contributed by atoms with van der Waals surface area (Å²) in [5.41, 5.74) is 4.35. The molecule has 4 aliphatic heterocycles. The molecule has 40 heavy (non-hydrogen) atoms. The molecule has 3 unspecified atom stereocenters. The first kappa shape index (κ1) is 26.4. The van der Waals surface area contributed by atoms with Crippen LogP contribution in [0.4, 0.5) is 5.69 Å². The Morgan fingerprint density at radius 2 is 1.98 bits per heavy atom. The number of amides is 2. The number of hydrogen-bond acceptors (Lipinski definition) is 5. The number of rotatable bonds is 6. The highest BCUT2D eigenvalue weighted by atomic mass is 32.2. The van der Waals surface area contributed by atoms with Crippen molar-refractivity contribution in [3.8, 4) is 0 Å². The van der Waals surface area contributed by atoms with Crippen molar-refractivity contribution in [2.45, 2.75) is 56.7 Å². The van der Waals surface area contributed by atoms with E-state index in [1.165, 1.54) is 26.7 Å². The second kappa shape index (κ2) is 10.4. The Balaban J connectivity index is 1.08. The molecule has 1 saturated carbocycles. The smallest absolute Gasteiger partial charge is 0.244 e. The number of nitrogens with one attached hydrogen (secondary N) is 2. The normalized spacial score (nSPS) is 30.5. The lowest BCUT2D eigenvalue weighted by atomic mass is 9.87. The van der Waals surface area contributed by atoms with Gasteiger partial charge in [-0.05, 0) is 79.7 Å². The monoisotopic (exact) mass is 565 g/mol. The van der Waals surface area contributed by atoms with Crippen molar-refractivity contribution in [2.24, 2.45) is 17.8 Å². The summed E-state index contributed by atoms with van der Waals surface area (Å²) in [7, 11) is 0. The molecule has 1 aromatic carbocycles. The molecule has 4 atom stereocenters. The Hall–Kier alpha value is -2.53. The molecule has 10 heteroatoms. The zero-order chi connectivity index (χ0) is 27.4. The summed E-state index contributed by atoms with van der Waals surface area (Å²) in [5, 5.41) is 7.19. The molecule has 214 valence electrons. The molecule has 0 radical (unpaired) electrons. The number of fused-ring (bicyclic) bond motifs is 1. The van der Waals surface area contributed by atoms with E-state index in [-0.39, 0.29) is 29.8 Å². The van der Waals surface area contributed by atoms with Crippen LogP contribution in [0.5, 0.6) is 0 Å². The van der Waals surface area contributed by atoms with Crippen molar-refractivity contribution < 1.29 is 18.4 Å². The van der Waals surface area contributed by atoms with Gasteiger partial charge in [-0.25, -0.2) is 8.51 Å². The summed E-state index contributed by atoms with van der Waals surface area (Å²) in [6.07, 6.45) is 12.5. The number of carbonyl (C=O) groups is 2. The number of allylic oxidation sites excluding steroid dienone is 3. The summed E-state index contributed by atoms with van der Waals surface area (Å²) >= 11 is -2.02. The van der Waals surface area contributed by atoms with Crippen LogP contribution in [0.1, 0.15) is 49.7 Å². The van der Waals surface area contributed by atoms with Crippen LogP contribution in [0.2, 0.25) is 0 Å². The number of nitrogens with zero attached hydrogens (tertiary/aromatic N) is 3. The van der Waals surface area contributed by atoms with Gasteiger partial charge >= 0.3 is 0 Å². The van der Waals surface area contributed by atoms with Crippen LogP contribution in [-0.2, 0) is 27.3 Å². The predicted molar refractivity (Wildman–Crippen MR) is 154 cm³/mol. The van der Waals surface area contributed by atoms with Gasteiger partial charge in [-0.15, -0.1) is 0 Å². The Labute approximate surface area is 238 Å². The van der Waals surface area contributed by atoms with Gasteiger partial charge in [0.2, 0.25) is 23.1 Å². The van der Waals surface area contributed by atoms with E-state index in [1.54, 1.807) is 0 Å². The average Bonchev–Trinajstić information content (AvgIpc) is 3.43. The van der Waals surface area contributed by atoms with Gasteiger partial charge < -0.3 is 15.1 Å². The summed E-state index contributed by atoms with van der Waals surface area (Å²) in [6.45, 7) is 3.97. The van der Waals surface area contributed by atoms with E-state index in [4.69, 9.17) is 0 Å². The molecule has 9 nitrogen and oxygen atoms in total. The van der Waals surface area contributed by atoms with Crippen LogP contribution in [0.3, 0.4) is 0 Å². The first-order valence-corrected chi connectivity index (χ1v) is 16.0. The number of anilines is 1. The zero-order valence-corrected chi connectivity index (χ0v) is 23.7. The van der Waals surface area contributed by atoms with E-state index in [0.717, 1.165) is 51.7 Å². The Kier molecular flexibility index (Phi) is 6.85. The highest BCUT2D eigenvalue weighted by Gasteiger charge is 2.54. The molecule has 1 spiro atoms. The van der Waals surface area contributed by atoms with Crippen LogP contribution < -0.4 is 10.6 Å². The lowest BCUT2D eigenvalue weighted by molar-refractivity contribution is -0.135. The Morgan fingerprint density at radius 1 is 1.15 bits per heavy atom. The molecule has 3 N–H and O–H groups in total. The van der Waals surface area contributed by atoms with Gasteiger partial charge in [0.15, 0.2) is 0 Å². The first-order chi connectivity index (χ1) is 19.4. The quantitative estimate of drug-likeness (QED) is 0.458. The predicted octanol–water partition coefficient (Wildman–Crippen LogP) is 2.60. The molecule has 0 bridgehead atoms. The summed E-state index contributed by atoms with van der Waals surface area (Å²) < 4.78 is 22.8. The third-order valence-electron chi connectivity index (χ3n) is 9.89. The van der Waals surface area contributed by atoms with E-state index in [9.17, 15) is 18.4 Å². The number of piperidine rings is 1. The van der Waals surface area contributed by atoms with E-state index in [0.29, 0.717) is 38.4 Å². The molecule has 0 aromatic heterocycles. The molecule has 4 heterocycles. The van der Waals surface area contributed by atoms with Gasteiger partial charge in [-0.1, -0.05) is 24.3 Å². The van der Waals surface area contributed by atoms with Crippen molar-refractivity contribution >= 4 is 34.3 Å². The third kappa shape index (κ3) is 4.82. The van der Waals surface area contributed by atoms with Crippen LogP contribution in [-0.4, -0.2) is 85.7 Å². The fourth-order valence-corrected chi connectivity index (χ4v) is 7.85. The zero-order valence-electron chi connectivity index (χ0n) is 22.9. The highest BCUT2D eigenvalue weighted by molar-refractivity contribution is 7.76. The summed E-state index contributed by atoms with van der Waals surface area (Å²) in [5.74, 6) is 1.04. The van der Waals surface area contributed by atoms with E-state index in [2.05, 4.69) is 52.0 Å². The van der Waals surface area contributed by atoms with Crippen molar-refractivity contribution in [3.63, 3.8) is 0 Å². The van der Waals surface area contributed by atoms with Gasteiger partial charge in [0.1, 0.15) is 5.54 Å². The molecular weight excluding hydrogens is 526 g/mol. The number of benzene rings is 1. The maximum absolute atomic E-state index is 14.1. The Bertz CT molecular complexity index is 1280. The maximum Gasteiger partial charge on any atom is 0.244 e. The van der Waals surface area contributed by atoms with Gasteiger partial charge in [-0.3, -0.25) is 19.5 Å². The van der Waals surface area contributed by atoms with Crippen molar-refractivity contribution in [1.29, 1.82) is 0 Å². The van der Waals surface area contributed by atoms with Gasteiger partial charge in [0, 0.05) is 56.8 Å². The van der Waals surface area contributed by atoms with E-state index in [1.807, 2.05) is 4.90 Å². The van der Waals surface area contributed by atoms with Crippen molar-refractivity contribution in [3.05, 3.63) is 47.6 Å². The number of hydrogen-bond donors (Lipinski definition) is 3. The molecule has 6 aliphatic rings. The van der Waals surface area contributed by atoms with Crippen LogP contribution in [0.25, 0.3) is 5.57 Å². The molecule has 2 aliphatic carbocycles. The molecule has 7 rings (SSSR count). The topological polar surface area (TPSA) is 105 Å². The molecular formula is C30H39N5O4S. The molecule has 1 aromatic rings. The summed E-state index contributed by atoms with van der Waals surface area (Å²) in [4.78, 5) is 30.8. The third-order valence-corrected chi connectivity index (χ3v) is 10.7. The van der Waals surface area contributed by atoms with Gasteiger partial charge in [0.25, 0.3) is 0 Å². The SMILES string of the molecule is O=C(C1CC1)N1CC[C@@H](CN2C(=O)C3(CCN(S(=O)O)CC3)NC2C2C=CC(c3ccc4c(c3)CCN4)=CC2)C1. The minimum Gasteiger partial charge on any atom is -0.384 e. The minimum absolute atomic E-state index is 0.113. The fourth-order valence-electron chi connectivity index (χ4n) is 7.36. The van der Waals surface area contributed by atoms with Crippen molar-refractivity contribution in [2.75, 3.05) is 44.6 Å². The van der Waals surface area contributed by atoms with Crippen LogP contribution >= 0.6 is 0 Å². The lowest BCUT2D eigenvalue weighted by Crippen LogP contribution is -2.55. The fraction of sp³-hybridized carbons (Fsp3) is 0.600. The summed E-state index contributed by atoms with van der Waals surface area (Å²) in [6, 6.07) is 6.64. The maximum atomic E-state index is 14.1. The second-order valence-corrected chi connectivity index (χ2v) is 13.4. The standard InChI is InChI=1S/C30H39N5O4S/c36-28(23-5-6-23)33-14-10-20(18-33)19-35-27(32-30(29(35)37)11-15-34(16-12-30)40(38)39)22-3-1-21(2-4-22)24-7-8-26-25(17-24)9-13-31-26/h1-3,7-8,17,20,22-23,27,31-32H,4-6,9-16,18-19H2,(H,38,39)/t20-,22?,27?/m1/s1.